The number of nitrogens with two attached hydrogens (primary N) is 1. The number of hydrogen-bond donors (Lipinski definition) is 2. The van der Waals surface area contributed by atoms with Crippen molar-refractivity contribution >= 4 is 5.91 Å². The van der Waals surface area contributed by atoms with Gasteiger partial charge < -0.3 is 15.6 Å². The van der Waals surface area contributed by atoms with Crippen molar-refractivity contribution in [2.45, 2.75) is 51.2 Å². The highest BCUT2D eigenvalue weighted by Gasteiger charge is 2.31. The lowest BCUT2D eigenvalue weighted by Crippen LogP contribution is -2.48. The molecule has 18 heavy (non-hydrogen) atoms. The van der Waals surface area contributed by atoms with Crippen LogP contribution in [0.15, 0.2) is 18.7 Å². The molecule has 0 aromatic carbocycles. The fourth-order valence-corrected chi connectivity index (χ4v) is 2.51. The first-order valence-corrected chi connectivity index (χ1v) is 6.63. The topological polar surface area (TPSA) is 72.9 Å². The smallest absolute Gasteiger partial charge is 0.237 e. The lowest BCUT2D eigenvalue weighted by Gasteiger charge is -2.24. The van der Waals surface area contributed by atoms with Crippen LogP contribution < -0.4 is 11.1 Å². The van der Waals surface area contributed by atoms with Gasteiger partial charge in [0.25, 0.3) is 0 Å². The van der Waals surface area contributed by atoms with E-state index in [0.29, 0.717) is 6.04 Å². The number of carbonyl (C=O) groups excluding carboxylic acids is 1. The van der Waals surface area contributed by atoms with Crippen molar-refractivity contribution in [3.8, 4) is 0 Å². The van der Waals surface area contributed by atoms with Crippen LogP contribution in [0, 0.1) is 5.92 Å². The second-order valence-corrected chi connectivity index (χ2v) is 5.39. The highest BCUT2D eigenvalue weighted by atomic mass is 16.2. The third kappa shape index (κ3) is 2.72. The Hall–Kier alpha value is -1.36. The molecule has 1 aromatic heterocycles. The van der Waals surface area contributed by atoms with Gasteiger partial charge in [-0.1, -0.05) is 13.8 Å². The molecule has 0 saturated heterocycles. The van der Waals surface area contributed by atoms with Crippen LogP contribution in [0.4, 0.5) is 0 Å². The SMILES string of the molecule is CC(C)[C@@H](N)C(=O)NC1CCCC1n1ccnc1. The molecule has 1 fully saturated rings. The van der Waals surface area contributed by atoms with E-state index in [9.17, 15) is 4.79 Å². The quantitative estimate of drug-likeness (QED) is 0.839. The van der Waals surface area contributed by atoms with Gasteiger partial charge >= 0.3 is 0 Å². The summed E-state index contributed by atoms with van der Waals surface area (Å²) in [5.74, 6) is 0.125. The van der Waals surface area contributed by atoms with Crippen molar-refractivity contribution in [1.82, 2.24) is 14.9 Å². The van der Waals surface area contributed by atoms with E-state index in [2.05, 4.69) is 14.9 Å². The molecule has 1 aliphatic carbocycles. The maximum atomic E-state index is 12.0. The van der Waals surface area contributed by atoms with E-state index >= 15 is 0 Å². The lowest BCUT2D eigenvalue weighted by molar-refractivity contribution is -0.124. The van der Waals surface area contributed by atoms with Gasteiger partial charge in [-0.05, 0) is 25.2 Å². The predicted octanol–water partition coefficient (Wildman–Crippen LogP) is 1.08. The zero-order chi connectivity index (χ0) is 13.1. The Morgan fingerprint density at radius 1 is 1.50 bits per heavy atom. The summed E-state index contributed by atoms with van der Waals surface area (Å²) in [6.07, 6.45) is 8.77. The highest BCUT2D eigenvalue weighted by Crippen LogP contribution is 2.29. The summed E-state index contributed by atoms with van der Waals surface area (Å²) in [5.41, 5.74) is 5.87. The molecule has 3 N–H and O–H groups in total. The van der Waals surface area contributed by atoms with Crippen LogP contribution in [-0.4, -0.2) is 27.5 Å². The molecule has 100 valence electrons. The summed E-state index contributed by atoms with van der Waals surface area (Å²) in [7, 11) is 0. The Kier molecular flexibility index (Phi) is 4.01. The molecule has 0 bridgehead atoms. The number of imidazole rings is 1. The van der Waals surface area contributed by atoms with Crippen LogP contribution >= 0.6 is 0 Å². The van der Waals surface area contributed by atoms with E-state index in [1.807, 2.05) is 26.4 Å². The largest absolute Gasteiger partial charge is 0.350 e. The number of aromatic nitrogens is 2. The van der Waals surface area contributed by atoms with Crippen molar-refractivity contribution in [2.75, 3.05) is 0 Å². The molecule has 3 atom stereocenters. The van der Waals surface area contributed by atoms with Gasteiger partial charge in [-0.3, -0.25) is 4.79 Å². The Labute approximate surface area is 108 Å². The Bertz CT molecular complexity index is 388. The van der Waals surface area contributed by atoms with E-state index in [0.717, 1.165) is 19.3 Å². The van der Waals surface area contributed by atoms with Crippen LogP contribution in [0.5, 0.6) is 0 Å². The molecule has 5 heteroatoms. The van der Waals surface area contributed by atoms with Crippen molar-refractivity contribution in [3.05, 3.63) is 18.7 Å². The maximum absolute atomic E-state index is 12.0. The molecule has 1 aliphatic rings. The first kappa shape index (κ1) is 13.1. The molecule has 2 unspecified atom stereocenters. The molecule has 0 spiro atoms. The third-order valence-electron chi connectivity index (χ3n) is 3.74. The molecule has 1 aromatic rings. The number of rotatable bonds is 4. The maximum Gasteiger partial charge on any atom is 0.237 e. The first-order chi connectivity index (χ1) is 8.59. The first-order valence-electron chi connectivity index (χ1n) is 6.63. The summed E-state index contributed by atoms with van der Waals surface area (Å²) in [5, 5.41) is 3.09. The standard InChI is InChI=1S/C13H22N4O/c1-9(2)12(14)13(18)16-10-4-3-5-11(10)17-7-6-15-8-17/h6-12H,3-5,14H2,1-2H3,(H,16,18)/t10?,11?,12-/m1/s1. The predicted molar refractivity (Wildman–Crippen MR) is 69.9 cm³/mol. The monoisotopic (exact) mass is 250 g/mol. The van der Waals surface area contributed by atoms with E-state index in [-0.39, 0.29) is 17.9 Å². The van der Waals surface area contributed by atoms with Gasteiger partial charge in [0.15, 0.2) is 0 Å². The number of nitrogens with zero attached hydrogens (tertiary/aromatic N) is 2. The molecule has 5 nitrogen and oxygen atoms in total. The fraction of sp³-hybridized carbons (Fsp3) is 0.692. The Balaban J connectivity index is 1.98. The van der Waals surface area contributed by atoms with Gasteiger partial charge in [-0.15, -0.1) is 0 Å². The zero-order valence-corrected chi connectivity index (χ0v) is 11.0. The Morgan fingerprint density at radius 3 is 2.89 bits per heavy atom. The third-order valence-corrected chi connectivity index (χ3v) is 3.74. The number of carbonyl (C=O) groups is 1. The molecule has 0 radical (unpaired) electrons. The summed E-state index contributed by atoms with van der Waals surface area (Å²) >= 11 is 0. The summed E-state index contributed by atoms with van der Waals surface area (Å²) < 4.78 is 2.08. The lowest BCUT2D eigenvalue weighted by atomic mass is 10.0. The summed E-state index contributed by atoms with van der Waals surface area (Å²) in [6.45, 7) is 3.93. The minimum Gasteiger partial charge on any atom is -0.350 e. The minimum absolute atomic E-state index is 0.0398. The van der Waals surface area contributed by atoms with Crippen LogP contribution in [0.25, 0.3) is 0 Å². The van der Waals surface area contributed by atoms with Gasteiger partial charge in [0.05, 0.1) is 18.4 Å². The van der Waals surface area contributed by atoms with Gasteiger partial charge in [-0.2, -0.15) is 0 Å². The van der Waals surface area contributed by atoms with Crippen molar-refractivity contribution in [2.24, 2.45) is 11.7 Å². The van der Waals surface area contributed by atoms with Crippen molar-refractivity contribution < 1.29 is 4.79 Å². The molecule has 1 saturated carbocycles. The van der Waals surface area contributed by atoms with E-state index in [4.69, 9.17) is 5.73 Å². The minimum atomic E-state index is -0.422. The van der Waals surface area contributed by atoms with Gasteiger partial charge in [0.2, 0.25) is 5.91 Å². The van der Waals surface area contributed by atoms with Gasteiger partial charge in [0.1, 0.15) is 0 Å². The average Bonchev–Trinajstić information content (AvgIpc) is 2.96. The second kappa shape index (κ2) is 5.52. The van der Waals surface area contributed by atoms with Gasteiger partial charge in [-0.25, -0.2) is 4.98 Å². The van der Waals surface area contributed by atoms with Crippen LogP contribution in [0.2, 0.25) is 0 Å². The van der Waals surface area contributed by atoms with Crippen LogP contribution in [-0.2, 0) is 4.79 Å². The van der Waals surface area contributed by atoms with Crippen LogP contribution in [0.3, 0.4) is 0 Å². The van der Waals surface area contributed by atoms with E-state index in [1.165, 1.54) is 0 Å². The highest BCUT2D eigenvalue weighted by molar-refractivity contribution is 5.82. The normalized spacial score (nSPS) is 25.3. The molecule has 0 aliphatic heterocycles. The fourth-order valence-electron chi connectivity index (χ4n) is 2.51. The second-order valence-electron chi connectivity index (χ2n) is 5.39. The summed E-state index contributed by atoms with van der Waals surface area (Å²) in [6, 6.07) is 0.0707. The zero-order valence-electron chi connectivity index (χ0n) is 11.0. The van der Waals surface area contributed by atoms with Gasteiger partial charge in [0, 0.05) is 18.4 Å². The molecule has 2 rings (SSSR count). The Morgan fingerprint density at radius 2 is 2.28 bits per heavy atom. The van der Waals surface area contributed by atoms with Crippen LogP contribution in [0.1, 0.15) is 39.2 Å². The molecular weight excluding hydrogens is 228 g/mol. The number of nitrogens with one attached hydrogen (secondary N) is 1. The number of hydrogen-bond acceptors (Lipinski definition) is 3. The molecule has 1 heterocycles. The molecular formula is C13H22N4O. The number of amides is 1. The molecule has 1 amide bonds. The van der Waals surface area contributed by atoms with Crippen molar-refractivity contribution in [3.63, 3.8) is 0 Å². The van der Waals surface area contributed by atoms with Crippen molar-refractivity contribution in [1.29, 1.82) is 0 Å². The van der Waals surface area contributed by atoms with E-state index < -0.39 is 6.04 Å². The van der Waals surface area contributed by atoms with E-state index in [1.54, 1.807) is 6.20 Å². The summed E-state index contributed by atoms with van der Waals surface area (Å²) in [4.78, 5) is 16.1. The average molecular weight is 250 g/mol.